The molecule has 0 bridgehead atoms. The fourth-order valence-electron chi connectivity index (χ4n) is 1.33. The maximum absolute atomic E-state index is 11.9. The molecule has 16 heavy (non-hydrogen) atoms. The Hall–Kier alpha value is -0.720. The number of anilines is 1. The number of nitrogen functional groups attached to an aromatic ring is 1. The Bertz CT molecular complexity index is 458. The third kappa shape index (κ3) is 3.40. The van der Waals surface area contributed by atoms with Crippen molar-refractivity contribution in [2.45, 2.75) is 11.8 Å². The lowest BCUT2D eigenvalue weighted by atomic mass is 10.2. The van der Waals surface area contributed by atoms with Gasteiger partial charge in [-0.3, -0.25) is 0 Å². The van der Waals surface area contributed by atoms with Crippen molar-refractivity contribution in [2.24, 2.45) is 0 Å². The Kier molecular flexibility index (Phi) is 4.64. The van der Waals surface area contributed by atoms with Gasteiger partial charge in [0.1, 0.15) is 0 Å². The minimum Gasteiger partial charge on any atom is -0.399 e. The zero-order valence-corrected chi connectivity index (χ0v) is 11.0. The average molecular weight is 260 g/mol. The zero-order chi connectivity index (χ0) is 12.2. The Balaban J connectivity index is 2.90. The Morgan fingerprint density at radius 3 is 2.69 bits per heavy atom. The number of sulfonamides is 1. The van der Waals surface area contributed by atoms with Crippen LogP contribution in [0.5, 0.6) is 0 Å². The molecule has 1 aromatic rings. The number of hydrogen-bond donors (Lipinski definition) is 2. The van der Waals surface area contributed by atoms with Crippen molar-refractivity contribution in [1.29, 1.82) is 0 Å². The van der Waals surface area contributed by atoms with Crippen LogP contribution in [-0.2, 0) is 10.0 Å². The predicted octanol–water partition coefficient (Wildman–Crippen LogP) is 1.22. The fraction of sp³-hybridized carbons (Fsp3) is 0.400. The van der Waals surface area contributed by atoms with Gasteiger partial charge in [-0.2, -0.15) is 11.8 Å². The third-order valence-corrected chi connectivity index (χ3v) is 4.32. The zero-order valence-electron chi connectivity index (χ0n) is 9.36. The Morgan fingerprint density at radius 2 is 2.12 bits per heavy atom. The van der Waals surface area contributed by atoms with Gasteiger partial charge in [0.05, 0.1) is 4.90 Å². The number of thioether (sulfide) groups is 1. The molecule has 0 atom stereocenters. The molecule has 0 saturated heterocycles. The first-order chi connectivity index (χ1) is 7.47. The van der Waals surface area contributed by atoms with Crippen LogP contribution in [0.15, 0.2) is 23.1 Å². The molecule has 1 aromatic carbocycles. The number of nitrogens with one attached hydrogen (secondary N) is 1. The molecule has 6 heteroatoms. The number of hydrogen-bond acceptors (Lipinski definition) is 4. The number of aryl methyl sites for hydroxylation is 1. The first-order valence-electron chi connectivity index (χ1n) is 4.82. The second-order valence-corrected chi connectivity index (χ2v) is 6.14. The molecule has 0 aliphatic heterocycles. The molecular formula is C10H16N2O2S2. The van der Waals surface area contributed by atoms with Crippen LogP contribution in [0, 0.1) is 6.92 Å². The molecule has 0 amide bonds. The van der Waals surface area contributed by atoms with Gasteiger partial charge < -0.3 is 5.73 Å². The summed E-state index contributed by atoms with van der Waals surface area (Å²) in [5.41, 5.74) is 6.81. The van der Waals surface area contributed by atoms with Crippen LogP contribution < -0.4 is 10.5 Å². The summed E-state index contributed by atoms with van der Waals surface area (Å²) < 4.78 is 26.3. The quantitative estimate of drug-likeness (QED) is 0.617. The number of benzene rings is 1. The van der Waals surface area contributed by atoms with E-state index < -0.39 is 10.0 Å². The van der Waals surface area contributed by atoms with E-state index in [-0.39, 0.29) is 0 Å². The van der Waals surface area contributed by atoms with E-state index in [2.05, 4.69) is 4.72 Å². The summed E-state index contributed by atoms with van der Waals surface area (Å²) in [7, 11) is -3.40. The molecule has 0 aliphatic rings. The molecule has 90 valence electrons. The molecule has 0 aliphatic carbocycles. The maximum atomic E-state index is 11.9. The summed E-state index contributed by atoms with van der Waals surface area (Å²) >= 11 is 1.60. The van der Waals surface area contributed by atoms with E-state index in [1.165, 1.54) is 6.07 Å². The predicted molar refractivity (Wildman–Crippen MR) is 69.2 cm³/mol. The highest BCUT2D eigenvalue weighted by atomic mass is 32.2. The fourth-order valence-corrected chi connectivity index (χ4v) is 3.02. The van der Waals surface area contributed by atoms with Crippen LogP contribution in [0.3, 0.4) is 0 Å². The molecular weight excluding hydrogens is 244 g/mol. The molecule has 0 fully saturated rings. The van der Waals surface area contributed by atoms with Crippen molar-refractivity contribution in [3.05, 3.63) is 23.8 Å². The van der Waals surface area contributed by atoms with E-state index in [9.17, 15) is 8.42 Å². The molecule has 4 nitrogen and oxygen atoms in total. The molecule has 0 aromatic heterocycles. The van der Waals surface area contributed by atoms with E-state index in [0.717, 1.165) is 5.75 Å². The van der Waals surface area contributed by atoms with Gasteiger partial charge in [0.2, 0.25) is 10.0 Å². The van der Waals surface area contributed by atoms with Crippen LogP contribution in [0.25, 0.3) is 0 Å². The smallest absolute Gasteiger partial charge is 0.240 e. The minimum absolute atomic E-state index is 0.294. The van der Waals surface area contributed by atoms with Gasteiger partial charge in [-0.1, -0.05) is 0 Å². The SMILES string of the molecule is CSCCNS(=O)(=O)c1ccc(N)cc1C. The molecule has 0 spiro atoms. The molecule has 0 heterocycles. The highest BCUT2D eigenvalue weighted by Crippen LogP contribution is 2.17. The topological polar surface area (TPSA) is 72.2 Å². The first kappa shape index (κ1) is 13.3. The molecule has 0 unspecified atom stereocenters. The average Bonchev–Trinajstić information content (AvgIpc) is 2.17. The standard InChI is InChI=1S/C10H16N2O2S2/c1-8-7-9(11)3-4-10(8)16(13,14)12-5-6-15-2/h3-4,7,12H,5-6,11H2,1-2H3. The minimum atomic E-state index is -3.40. The summed E-state index contributed by atoms with van der Waals surface area (Å²) in [5.74, 6) is 0.757. The summed E-state index contributed by atoms with van der Waals surface area (Å²) in [4.78, 5) is 0.294. The van der Waals surface area contributed by atoms with Gasteiger partial charge in [-0.15, -0.1) is 0 Å². The van der Waals surface area contributed by atoms with Gasteiger partial charge >= 0.3 is 0 Å². The van der Waals surface area contributed by atoms with E-state index in [1.54, 1.807) is 30.8 Å². The molecule has 0 saturated carbocycles. The Morgan fingerprint density at radius 1 is 1.44 bits per heavy atom. The van der Waals surface area contributed by atoms with Gasteiger partial charge in [-0.05, 0) is 36.9 Å². The summed E-state index contributed by atoms with van der Waals surface area (Å²) in [6, 6.07) is 4.78. The van der Waals surface area contributed by atoms with Crippen molar-refractivity contribution in [1.82, 2.24) is 4.72 Å². The van der Waals surface area contributed by atoms with Gasteiger partial charge in [0.25, 0.3) is 0 Å². The number of rotatable bonds is 5. The third-order valence-electron chi connectivity index (χ3n) is 2.09. The normalized spacial score (nSPS) is 11.6. The van der Waals surface area contributed by atoms with E-state index >= 15 is 0 Å². The molecule has 1 rings (SSSR count). The largest absolute Gasteiger partial charge is 0.399 e. The van der Waals surface area contributed by atoms with Crippen molar-refractivity contribution in [3.8, 4) is 0 Å². The van der Waals surface area contributed by atoms with Crippen molar-refractivity contribution in [2.75, 3.05) is 24.3 Å². The molecule has 3 N–H and O–H groups in total. The summed E-state index contributed by atoms with van der Waals surface area (Å²) in [6.45, 7) is 2.17. The summed E-state index contributed by atoms with van der Waals surface area (Å²) in [5, 5.41) is 0. The van der Waals surface area contributed by atoms with Crippen molar-refractivity contribution < 1.29 is 8.42 Å². The highest BCUT2D eigenvalue weighted by molar-refractivity contribution is 7.98. The van der Waals surface area contributed by atoms with Gasteiger partial charge in [-0.25, -0.2) is 13.1 Å². The van der Waals surface area contributed by atoms with Crippen LogP contribution in [-0.4, -0.2) is 27.0 Å². The van der Waals surface area contributed by atoms with Crippen LogP contribution in [0.4, 0.5) is 5.69 Å². The first-order valence-corrected chi connectivity index (χ1v) is 7.70. The van der Waals surface area contributed by atoms with Gasteiger partial charge in [0.15, 0.2) is 0 Å². The molecule has 0 radical (unpaired) electrons. The van der Waals surface area contributed by atoms with Crippen molar-refractivity contribution in [3.63, 3.8) is 0 Å². The lowest BCUT2D eigenvalue weighted by molar-refractivity contribution is 0.583. The monoisotopic (exact) mass is 260 g/mol. The Labute approximate surface area is 101 Å². The van der Waals surface area contributed by atoms with Crippen LogP contribution in [0.2, 0.25) is 0 Å². The highest BCUT2D eigenvalue weighted by Gasteiger charge is 2.15. The lowest BCUT2D eigenvalue weighted by Crippen LogP contribution is -2.26. The second-order valence-electron chi connectivity index (χ2n) is 3.42. The van der Waals surface area contributed by atoms with Crippen LogP contribution >= 0.6 is 11.8 Å². The van der Waals surface area contributed by atoms with E-state index in [4.69, 9.17) is 5.73 Å². The summed E-state index contributed by atoms with van der Waals surface area (Å²) in [6.07, 6.45) is 1.93. The van der Waals surface area contributed by atoms with E-state index in [0.29, 0.717) is 22.7 Å². The van der Waals surface area contributed by atoms with Gasteiger partial charge in [0, 0.05) is 18.0 Å². The van der Waals surface area contributed by atoms with Crippen molar-refractivity contribution >= 4 is 27.5 Å². The second kappa shape index (κ2) is 5.56. The number of nitrogens with two attached hydrogens (primary N) is 1. The lowest BCUT2D eigenvalue weighted by Gasteiger charge is -2.09. The maximum Gasteiger partial charge on any atom is 0.240 e. The van der Waals surface area contributed by atoms with Crippen LogP contribution in [0.1, 0.15) is 5.56 Å². The van der Waals surface area contributed by atoms with E-state index in [1.807, 2.05) is 6.26 Å².